The van der Waals surface area contributed by atoms with Crippen LogP contribution in [0.2, 0.25) is 0 Å². The van der Waals surface area contributed by atoms with Gasteiger partial charge in [0.1, 0.15) is 10.5 Å². The van der Waals surface area contributed by atoms with Gasteiger partial charge in [-0.15, -0.1) is 0 Å². The van der Waals surface area contributed by atoms with E-state index >= 15 is 0 Å². The maximum Gasteiger partial charge on any atom is 0.263 e. The molecular weight excluding hydrogens is 260 g/mol. The molecule has 0 fully saturated rings. The number of aromatic nitrogens is 3. The van der Waals surface area contributed by atoms with E-state index in [2.05, 4.69) is 10.1 Å². The first kappa shape index (κ1) is 12.1. The van der Waals surface area contributed by atoms with Gasteiger partial charge in [-0.25, -0.2) is 4.98 Å². The minimum absolute atomic E-state index is 0.582. The molecule has 0 atom stereocenters. The van der Waals surface area contributed by atoms with Gasteiger partial charge in [-0.3, -0.25) is 4.68 Å². The Morgan fingerprint density at radius 1 is 1.37 bits per heavy atom. The van der Waals surface area contributed by atoms with Crippen molar-refractivity contribution >= 4 is 28.5 Å². The Hall–Kier alpha value is -1.95. The number of nitrogens with two attached hydrogens (primary N) is 1. The molecule has 0 saturated heterocycles. The number of hydrogen-bond acceptors (Lipinski definition) is 5. The lowest BCUT2D eigenvalue weighted by molar-refractivity contribution is 0.488. The van der Waals surface area contributed by atoms with Crippen molar-refractivity contribution in [2.45, 2.75) is 23.6 Å². The number of nitrogen functional groups attached to an aromatic ring is 1. The molecule has 3 rings (SSSR count). The van der Waals surface area contributed by atoms with Crippen molar-refractivity contribution in [3.63, 3.8) is 0 Å². The van der Waals surface area contributed by atoms with Gasteiger partial charge < -0.3 is 10.2 Å². The van der Waals surface area contributed by atoms with Crippen molar-refractivity contribution in [1.82, 2.24) is 14.8 Å². The van der Waals surface area contributed by atoms with Crippen LogP contribution in [0.15, 0.2) is 38.9 Å². The molecule has 2 heterocycles. The summed E-state index contributed by atoms with van der Waals surface area (Å²) in [5.74, 6) is 0. The number of benzene rings is 1. The van der Waals surface area contributed by atoms with Gasteiger partial charge in [-0.2, -0.15) is 5.10 Å². The molecule has 2 aromatic heterocycles. The fourth-order valence-electron chi connectivity index (χ4n) is 1.94. The lowest BCUT2D eigenvalue weighted by atomic mass is 10.3. The minimum Gasteiger partial charge on any atom is -0.431 e. The predicted octanol–water partition coefficient (Wildman–Crippen LogP) is 2.86. The highest BCUT2D eigenvalue weighted by Gasteiger charge is 2.16. The van der Waals surface area contributed by atoms with E-state index in [0.717, 1.165) is 28.2 Å². The lowest BCUT2D eigenvalue weighted by Crippen LogP contribution is -1.93. The molecule has 0 aliphatic rings. The second-order valence-electron chi connectivity index (χ2n) is 4.19. The third-order valence-corrected chi connectivity index (χ3v) is 3.93. The van der Waals surface area contributed by atoms with E-state index in [0.29, 0.717) is 10.9 Å². The summed E-state index contributed by atoms with van der Waals surface area (Å²) in [6.07, 6.45) is 0.813. The van der Waals surface area contributed by atoms with E-state index in [9.17, 15) is 0 Å². The maximum atomic E-state index is 6.08. The molecule has 5 nitrogen and oxygen atoms in total. The molecule has 0 saturated carbocycles. The summed E-state index contributed by atoms with van der Waals surface area (Å²) in [6.45, 7) is 2.03. The number of fused-ring (bicyclic) bond motifs is 1. The van der Waals surface area contributed by atoms with Crippen molar-refractivity contribution in [2.24, 2.45) is 7.05 Å². The number of para-hydroxylation sites is 2. The van der Waals surface area contributed by atoms with Gasteiger partial charge in [0.05, 0.1) is 11.4 Å². The van der Waals surface area contributed by atoms with Crippen LogP contribution in [0.25, 0.3) is 11.1 Å². The van der Waals surface area contributed by atoms with Crippen LogP contribution in [0.1, 0.15) is 12.6 Å². The Bertz CT molecular complexity index is 698. The van der Waals surface area contributed by atoms with E-state index in [4.69, 9.17) is 10.2 Å². The molecule has 0 radical (unpaired) electrons. The Morgan fingerprint density at radius 3 is 2.84 bits per heavy atom. The fourth-order valence-corrected chi connectivity index (χ4v) is 2.78. The zero-order valence-electron chi connectivity index (χ0n) is 10.8. The van der Waals surface area contributed by atoms with Gasteiger partial charge in [0.25, 0.3) is 5.22 Å². The standard InChI is InChI=1S/C13H14N4OS/c1-3-8-11(14)12(17(2)16-8)19-13-15-9-6-4-5-7-10(9)18-13/h4-7H,3,14H2,1-2H3. The molecule has 0 spiro atoms. The van der Waals surface area contributed by atoms with Crippen LogP contribution >= 0.6 is 11.8 Å². The molecule has 3 aromatic rings. The molecule has 2 N–H and O–H groups in total. The summed E-state index contributed by atoms with van der Waals surface area (Å²) in [7, 11) is 1.88. The smallest absolute Gasteiger partial charge is 0.263 e. The van der Waals surface area contributed by atoms with Gasteiger partial charge in [0, 0.05) is 7.05 Å². The molecule has 0 unspecified atom stereocenters. The highest BCUT2D eigenvalue weighted by atomic mass is 32.2. The quantitative estimate of drug-likeness (QED) is 0.795. The average molecular weight is 274 g/mol. The van der Waals surface area contributed by atoms with Crippen LogP contribution < -0.4 is 5.73 Å². The zero-order chi connectivity index (χ0) is 13.4. The van der Waals surface area contributed by atoms with Gasteiger partial charge in [-0.05, 0) is 30.3 Å². The Balaban J connectivity index is 1.98. The van der Waals surface area contributed by atoms with Crippen molar-refractivity contribution in [3.8, 4) is 0 Å². The van der Waals surface area contributed by atoms with Crippen LogP contribution in [0.4, 0.5) is 5.69 Å². The van der Waals surface area contributed by atoms with Crippen molar-refractivity contribution < 1.29 is 4.42 Å². The summed E-state index contributed by atoms with van der Waals surface area (Å²) in [6, 6.07) is 7.69. The second kappa shape index (κ2) is 4.62. The van der Waals surface area contributed by atoms with Gasteiger partial charge in [-0.1, -0.05) is 19.1 Å². The average Bonchev–Trinajstić information content (AvgIpc) is 2.94. The topological polar surface area (TPSA) is 69.9 Å². The van der Waals surface area contributed by atoms with Gasteiger partial charge in [0.15, 0.2) is 5.58 Å². The number of oxazole rings is 1. The molecule has 0 bridgehead atoms. The summed E-state index contributed by atoms with van der Waals surface area (Å²) in [5, 5.41) is 5.83. The van der Waals surface area contributed by atoms with Crippen LogP contribution in [-0.2, 0) is 13.5 Å². The van der Waals surface area contributed by atoms with Crippen LogP contribution in [0, 0.1) is 0 Å². The largest absolute Gasteiger partial charge is 0.431 e. The van der Waals surface area contributed by atoms with Gasteiger partial charge in [0.2, 0.25) is 0 Å². The SMILES string of the molecule is CCc1nn(C)c(Sc2nc3ccccc3o2)c1N. The molecule has 0 amide bonds. The number of rotatable bonds is 3. The molecule has 98 valence electrons. The Kier molecular flexibility index (Phi) is 2.94. The normalized spacial score (nSPS) is 11.3. The molecule has 0 aliphatic heterocycles. The number of anilines is 1. The first-order valence-corrected chi connectivity index (χ1v) is 6.85. The third kappa shape index (κ3) is 2.08. The second-order valence-corrected chi connectivity index (χ2v) is 5.13. The van der Waals surface area contributed by atoms with Gasteiger partial charge >= 0.3 is 0 Å². The van der Waals surface area contributed by atoms with E-state index in [-0.39, 0.29) is 0 Å². The number of aryl methyl sites for hydroxylation is 2. The highest BCUT2D eigenvalue weighted by Crippen LogP contribution is 2.34. The molecular formula is C13H14N4OS. The van der Waals surface area contributed by atoms with E-state index < -0.39 is 0 Å². The summed E-state index contributed by atoms with van der Waals surface area (Å²) in [5.41, 5.74) is 9.32. The first-order valence-electron chi connectivity index (χ1n) is 6.03. The maximum absolute atomic E-state index is 6.08. The fraction of sp³-hybridized carbons (Fsp3) is 0.231. The highest BCUT2D eigenvalue weighted by molar-refractivity contribution is 7.99. The minimum atomic E-state index is 0.582. The van der Waals surface area contributed by atoms with E-state index in [1.807, 2.05) is 38.2 Å². The first-order chi connectivity index (χ1) is 9.19. The number of nitrogens with zero attached hydrogens (tertiary/aromatic N) is 3. The molecule has 19 heavy (non-hydrogen) atoms. The van der Waals surface area contributed by atoms with Crippen LogP contribution in [0.5, 0.6) is 0 Å². The zero-order valence-corrected chi connectivity index (χ0v) is 11.6. The lowest BCUT2D eigenvalue weighted by Gasteiger charge is -1.98. The van der Waals surface area contributed by atoms with E-state index in [1.165, 1.54) is 11.8 Å². The van der Waals surface area contributed by atoms with Crippen LogP contribution in [-0.4, -0.2) is 14.8 Å². The Morgan fingerprint density at radius 2 is 2.16 bits per heavy atom. The molecule has 0 aliphatic carbocycles. The monoisotopic (exact) mass is 274 g/mol. The van der Waals surface area contributed by atoms with Crippen molar-refractivity contribution in [1.29, 1.82) is 0 Å². The summed E-state index contributed by atoms with van der Waals surface area (Å²) < 4.78 is 7.45. The predicted molar refractivity (Wildman–Crippen MR) is 75.1 cm³/mol. The molecule has 6 heteroatoms. The third-order valence-electron chi connectivity index (χ3n) is 2.90. The number of hydrogen-bond donors (Lipinski definition) is 1. The van der Waals surface area contributed by atoms with Crippen LogP contribution in [0.3, 0.4) is 0 Å². The van der Waals surface area contributed by atoms with Crippen molar-refractivity contribution in [3.05, 3.63) is 30.0 Å². The van der Waals surface area contributed by atoms with E-state index in [1.54, 1.807) is 4.68 Å². The molecule has 1 aromatic carbocycles. The summed E-state index contributed by atoms with van der Waals surface area (Å²) >= 11 is 1.40. The summed E-state index contributed by atoms with van der Waals surface area (Å²) in [4.78, 5) is 4.42. The van der Waals surface area contributed by atoms with Crippen molar-refractivity contribution in [2.75, 3.05) is 5.73 Å². The Labute approximate surface area is 114 Å².